The first kappa shape index (κ1) is 9.33. The first-order valence-corrected chi connectivity index (χ1v) is 4.15. The van der Waals surface area contributed by atoms with Crippen molar-refractivity contribution in [2.24, 2.45) is 5.73 Å². The van der Waals surface area contributed by atoms with Crippen molar-refractivity contribution in [1.82, 2.24) is 0 Å². The lowest BCUT2D eigenvalue weighted by atomic mass is 10.1. The molecule has 0 aliphatic carbocycles. The average molecular weight is 171 g/mol. The van der Waals surface area contributed by atoms with Gasteiger partial charge in [0.15, 0.2) is 0 Å². The molecule has 0 radical (unpaired) electrons. The zero-order valence-corrected chi connectivity index (χ0v) is 7.48. The van der Waals surface area contributed by atoms with Gasteiger partial charge in [0, 0.05) is 6.20 Å². The van der Waals surface area contributed by atoms with Crippen LogP contribution in [0.25, 0.3) is 5.57 Å². The lowest BCUT2D eigenvalue weighted by Crippen LogP contribution is -1.85. The largest absolute Gasteiger partial charge is 0.404 e. The molecular weight excluding hydrogens is 158 g/mol. The van der Waals surface area contributed by atoms with E-state index < -0.39 is 0 Å². The molecule has 1 nitrogen and oxygen atoms in total. The summed E-state index contributed by atoms with van der Waals surface area (Å²) in [6.45, 7) is 3.61. The fraction of sp³-hybridized carbons (Fsp3) is 0. The van der Waals surface area contributed by atoms with Crippen LogP contribution in [0.15, 0.2) is 61.3 Å². The Morgan fingerprint density at radius 2 is 1.92 bits per heavy atom. The van der Waals surface area contributed by atoms with Gasteiger partial charge in [-0.05, 0) is 11.1 Å². The van der Waals surface area contributed by atoms with Crippen molar-refractivity contribution in [2.75, 3.05) is 0 Å². The van der Waals surface area contributed by atoms with E-state index in [0.717, 1.165) is 11.1 Å². The Balaban J connectivity index is 2.92. The van der Waals surface area contributed by atoms with Crippen LogP contribution in [0.5, 0.6) is 0 Å². The van der Waals surface area contributed by atoms with Crippen LogP contribution in [0.2, 0.25) is 0 Å². The van der Waals surface area contributed by atoms with Crippen LogP contribution < -0.4 is 5.73 Å². The SMILES string of the molecule is C=C/C=C\C(=C/N)c1ccccc1. The molecule has 1 aromatic rings. The highest BCUT2D eigenvalue weighted by Crippen LogP contribution is 2.13. The Morgan fingerprint density at radius 1 is 1.23 bits per heavy atom. The first-order chi connectivity index (χ1) is 6.38. The van der Waals surface area contributed by atoms with Gasteiger partial charge in [0.2, 0.25) is 0 Å². The van der Waals surface area contributed by atoms with Gasteiger partial charge >= 0.3 is 0 Å². The second kappa shape index (κ2) is 4.99. The number of benzene rings is 1. The second-order valence-electron chi connectivity index (χ2n) is 2.58. The highest BCUT2D eigenvalue weighted by molar-refractivity contribution is 5.73. The van der Waals surface area contributed by atoms with Crippen molar-refractivity contribution in [2.45, 2.75) is 0 Å². The van der Waals surface area contributed by atoms with E-state index in [1.807, 2.05) is 42.5 Å². The fourth-order valence-electron chi connectivity index (χ4n) is 1.05. The molecule has 0 bridgehead atoms. The van der Waals surface area contributed by atoms with Gasteiger partial charge < -0.3 is 5.73 Å². The molecule has 0 heterocycles. The Hall–Kier alpha value is -1.76. The number of rotatable bonds is 3. The number of hydrogen-bond donors (Lipinski definition) is 1. The van der Waals surface area contributed by atoms with E-state index in [4.69, 9.17) is 5.73 Å². The predicted molar refractivity (Wildman–Crippen MR) is 57.9 cm³/mol. The molecule has 1 heteroatoms. The molecular formula is C12H13N. The maximum absolute atomic E-state index is 5.50. The molecule has 0 unspecified atom stereocenters. The number of nitrogens with two attached hydrogens (primary N) is 1. The molecule has 0 saturated heterocycles. The minimum atomic E-state index is 1.00. The quantitative estimate of drug-likeness (QED) is 0.695. The standard InChI is InChI=1S/C12H13N/c1-2-3-7-12(10-13)11-8-5-4-6-9-11/h2-10H,1,13H2/b7-3-,12-10+. The monoisotopic (exact) mass is 171 g/mol. The van der Waals surface area contributed by atoms with Gasteiger partial charge in [0.25, 0.3) is 0 Å². The Morgan fingerprint density at radius 3 is 2.46 bits per heavy atom. The Labute approximate surface area is 78.9 Å². The molecule has 13 heavy (non-hydrogen) atoms. The summed E-state index contributed by atoms with van der Waals surface area (Å²) in [6, 6.07) is 9.99. The number of hydrogen-bond acceptors (Lipinski definition) is 1. The summed E-state index contributed by atoms with van der Waals surface area (Å²) in [4.78, 5) is 0. The molecule has 0 saturated carbocycles. The summed E-state index contributed by atoms with van der Waals surface area (Å²) in [5.74, 6) is 0. The first-order valence-electron chi connectivity index (χ1n) is 4.15. The molecule has 0 aromatic heterocycles. The van der Waals surface area contributed by atoms with Crippen molar-refractivity contribution in [3.8, 4) is 0 Å². The third-order valence-corrected chi connectivity index (χ3v) is 1.70. The van der Waals surface area contributed by atoms with Gasteiger partial charge in [-0.25, -0.2) is 0 Å². The van der Waals surface area contributed by atoms with Gasteiger partial charge in [-0.2, -0.15) is 0 Å². The average Bonchev–Trinajstić information content (AvgIpc) is 2.21. The molecule has 0 atom stereocenters. The van der Waals surface area contributed by atoms with E-state index in [2.05, 4.69) is 6.58 Å². The van der Waals surface area contributed by atoms with Gasteiger partial charge in [-0.3, -0.25) is 0 Å². The molecule has 1 aromatic carbocycles. The van der Waals surface area contributed by atoms with Crippen LogP contribution in [-0.4, -0.2) is 0 Å². The third-order valence-electron chi connectivity index (χ3n) is 1.70. The summed E-state index contributed by atoms with van der Waals surface area (Å²) in [6.07, 6.45) is 7.12. The number of allylic oxidation sites excluding steroid dienone is 4. The van der Waals surface area contributed by atoms with Gasteiger partial charge in [-0.1, -0.05) is 55.1 Å². The highest BCUT2D eigenvalue weighted by atomic mass is 14.5. The summed E-state index contributed by atoms with van der Waals surface area (Å²) in [5.41, 5.74) is 7.61. The highest BCUT2D eigenvalue weighted by Gasteiger charge is 1.93. The minimum Gasteiger partial charge on any atom is -0.404 e. The van der Waals surface area contributed by atoms with Crippen LogP contribution in [-0.2, 0) is 0 Å². The molecule has 0 aliphatic rings. The van der Waals surface area contributed by atoms with Crippen LogP contribution in [0, 0.1) is 0 Å². The third kappa shape index (κ3) is 2.64. The van der Waals surface area contributed by atoms with E-state index in [9.17, 15) is 0 Å². The van der Waals surface area contributed by atoms with Gasteiger partial charge in [0.1, 0.15) is 0 Å². The van der Waals surface area contributed by atoms with E-state index in [0.29, 0.717) is 0 Å². The van der Waals surface area contributed by atoms with Gasteiger partial charge in [-0.15, -0.1) is 0 Å². The van der Waals surface area contributed by atoms with E-state index in [-0.39, 0.29) is 0 Å². The minimum absolute atomic E-state index is 1.00. The van der Waals surface area contributed by atoms with Crippen LogP contribution in [0.3, 0.4) is 0 Å². The fourth-order valence-corrected chi connectivity index (χ4v) is 1.05. The van der Waals surface area contributed by atoms with Crippen LogP contribution in [0.1, 0.15) is 5.56 Å². The Bertz CT molecular complexity index is 320. The van der Waals surface area contributed by atoms with Crippen LogP contribution >= 0.6 is 0 Å². The maximum Gasteiger partial charge on any atom is 0.00175 e. The molecule has 66 valence electrons. The van der Waals surface area contributed by atoms with E-state index >= 15 is 0 Å². The summed E-state index contributed by atoms with van der Waals surface area (Å²) >= 11 is 0. The zero-order valence-electron chi connectivity index (χ0n) is 7.48. The zero-order chi connectivity index (χ0) is 9.52. The van der Waals surface area contributed by atoms with E-state index in [1.165, 1.54) is 0 Å². The smallest absolute Gasteiger partial charge is 0.00175 e. The Kier molecular flexibility index (Phi) is 3.58. The second-order valence-corrected chi connectivity index (χ2v) is 2.58. The van der Waals surface area contributed by atoms with Crippen molar-refractivity contribution < 1.29 is 0 Å². The van der Waals surface area contributed by atoms with Crippen molar-refractivity contribution in [3.63, 3.8) is 0 Å². The molecule has 0 amide bonds. The molecule has 0 aliphatic heterocycles. The maximum atomic E-state index is 5.50. The topological polar surface area (TPSA) is 26.0 Å². The van der Waals surface area contributed by atoms with Crippen molar-refractivity contribution >= 4 is 5.57 Å². The molecule has 0 spiro atoms. The van der Waals surface area contributed by atoms with Gasteiger partial charge in [0.05, 0.1) is 0 Å². The normalized spacial score (nSPS) is 11.8. The van der Waals surface area contributed by atoms with E-state index in [1.54, 1.807) is 12.3 Å². The molecule has 2 N–H and O–H groups in total. The molecule has 1 rings (SSSR count). The lowest BCUT2D eigenvalue weighted by molar-refractivity contribution is 1.55. The van der Waals surface area contributed by atoms with Crippen molar-refractivity contribution in [1.29, 1.82) is 0 Å². The lowest BCUT2D eigenvalue weighted by Gasteiger charge is -1.99. The molecule has 0 fully saturated rings. The van der Waals surface area contributed by atoms with Crippen LogP contribution in [0.4, 0.5) is 0 Å². The predicted octanol–water partition coefficient (Wildman–Crippen LogP) is 2.73. The summed E-state index contributed by atoms with van der Waals surface area (Å²) in [7, 11) is 0. The van der Waals surface area contributed by atoms with Crippen molar-refractivity contribution in [3.05, 3.63) is 66.9 Å². The summed E-state index contributed by atoms with van der Waals surface area (Å²) < 4.78 is 0. The summed E-state index contributed by atoms with van der Waals surface area (Å²) in [5, 5.41) is 0.